The molecule has 0 saturated heterocycles. The number of aromatic nitrogens is 1. The SMILES string of the molecule is O=c1cc(OCc2ccccc2)c2ccccc2n1CCO. The van der Waals surface area contributed by atoms with Crippen LogP contribution in [-0.2, 0) is 13.2 Å². The molecule has 112 valence electrons. The van der Waals surface area contributed by atoms with Gasteiger partial charge in [-0.1, -0.05) is 42.5 Å². The van der Waals surface area contributed by atoms with Crippen LogP contribution in [0, 0.1) is 0 Å². The summed E-state index contributed by atoms with van der Waals surface area (Å²) in [6, 6.07) is 18.9. The summed E-state index contributed by atoms with van der Waals surface area (Å²) in [5, 5.41) is 10.0. The quantitative estimate of drug-likeness (QED) is 0.787. The van der Waals surface area contributed by atoms with E-state index in [1.807, 2.05) is 54.6 Å². The number of hydrogen-bond acceptors (Lipinski definition) is 3. The van der Waals surface area contributed by atoms with E-state index in [4.69, 9.17) is 9.84 Å². The molecule has 4 nitrogen and oxygen atoms in total. The Morgan fingerprint density at radius 3 is 2.50 bits per heavy atom. The first-order valence-corrected chi connectivity index (χ1v) is 7.20. The van der Waals surface area contributed by atoms with Gasteiger partial charge in [-0.05, 0) is 17.7 Å². The fraction of sp³-hybridized carbons (Fsp3) is 0.167. The Hall–Kier alpha value is -2.59. The third kappa shape index (κ3) is 2.87. The molecule has 0 atom stereocenters. The molecular formula is C18H17NO3. The summed E-state index contributed by atoms with van der Waals surface area (Å²) < 4.78 is 7.40. The minimum atomic E-state index is -0.171. The zero-order valence-corrected chi connectivity index (χ0v) is 12.1. The molecular weight excluding hydrogens is 278 g/mol. The topological polar surface area (TPSA) is 51.5 Å². The van der Waals surface area contributed by atoms with E-state index in [1.54, 1.807) is 4.57 Å². The second-order valence-electron chi connectivity index (χ2n) is 5.01. The monoisotopic (exact) mass is 295 g/mol. The number of hydrogen-bond donors (Lipinski definition) is 1. The summed E-state index contributed by atoms with van der Waals surface area (Å²) in [7, 11) is 0. The number of ether oxygens (including phenoxy) is 1. The zero-order chi connectivity index (χ0) is 15.4. The van der Waals surface area contributed by atoms with E-state index in [-0.39, 0.29) is 18.7 Å². The molecule has 0 amide bonds. The molecule has 0 aliphatic rings. The number of rotatable bonds is 5. The number of benzene rings is 2. The summed E-state index contributed by atoms with van der Waals surface area (Å²) in [5.41, 5.74) is 1.65. The standard InChI is InChI=1S/C18H17NO3/c20-11-10-19-16-9-5-4-8-15(16)17(12-18(19)21)22-13-14-6-2-1-3-7-14/h1-9,12,20H,10-11,13H2. The van der Waals surface area contributed by atoms with Gasteiger partial charge in [-0.15, -0.1) is 0 Å². The van der Waals surface area contributed by atoms with Crippen LogP contribution in [0.5, 0.6) is 5.75 Å². The summed E-state index contributed by atoms with van der Waals surface area (Å²) in [4.78, 5) is 12.2. The van der Waals surface area contributed by atoms with Gasteiger partial charge >= 0.3 is 0 Å². The van der Waals surface area contributed by atoms with Crippen LogP contribution in [0.3, 0.4) is 0 Å². The van der Waals surface area contributed by atoms with Crippen molar-refractivity contribution in [3.05, 3.63) is 76.6 Å². The minimum absolute atomic E-state index is 0.0753. The Kier molecular flexibility index (Phi) is 4.21. The van der Waals surface area contributed by atoms with E-state index >= 15 is 0 Å². The summed E-state index contributed by atoms with van der Waals surface area (Å²) in [6.45, 7) is 0.612. The number of fused-ring (bicyclic) bond motifs is 1. The van der Waals surface area contributed by atoms with Crippen LogP contribution in [0.1, 0.15) is 5.56 Å². The summed E-state index contributed by atoms with van der Waals surface area (Å²) in [5.74, 6) is 0.568. The Morgan fingerprint density at radius 2 is 1.73 bits per heavy atom. The van der Waals surface area contributed by atoms with Gasteiger partial charge in [0.1, 0.15) is 12.4 Å². The van der Waals surface area contributed by atoms with Gasteiger partial charge in [-0.25, -0.2) is 0 Å². The molecule has 0 radical (unpaired) electrons. The van der Waals surface area contributed by atoms with E-state index in [0.29, 0.717) is 12.4 Å². The lowest BCUT2D eigenvalue weighted by molar-refractivity contribution is 0.275. The fourth-order valence-electron chi connectivity index (χ4n) is 2.49. The molecule has 1 N–H and O–H groups in total. The third-order valence-corrected chi connectivity index (χ3v) is 3.54. The van der Waals surface area contributed by atoms with Crippen molar-refractivity contribution < 1.29 is 9.84 Å². The lowest BCUT2D eigenvalue weighted by Gasteiger charge is -2.13. The van der Waals surface area contributed by atoms with E-state index in [1.165, 1.54) is 6.07 Å². The van der Waals surface area contributed by atoms with E-state index in [2.05, 4.69) is 0 Å². The highest BCUT2D eigenvalue weighted by molar-refractivity contribution is 5.85. The number of nitrogens with zero attached hydrogens (tertiary/aromatic N) is 1. The highest BCUT2D eigenvalue weighted by Crippen LogP contribution is 2.24. The van der Waals surface area contributed by atoms with Crippen molar-refractivity contribution in [2.75, 3.05) is 6.61 Å². The van der Waals surface area contributed by atoms with Crippen LogP contribution in [0.2, 0.25) is 0 Å². The van der Waals surface area contributed by atoms with Gasteiger partial charge in [0.2, 0.25) is 0 Å². The molecule has 4 heteroatoms. The van der Waals surface area contributed by atoms with Crippen LogP contribution >= 0.6 is 0 Å². The smallest absolute Gasteiger partial charge is 0.254 e. The second kappa shape index (κ2) is 6.45. The first-order valence-electron chi connectivity index (χ1n) is 7.20. The normalized spacial score (nSPS) is 10.8. The highest BCUT2D eigenvalue weighted by atomic mass is 16.5. The van der Waals surface area contributed by atoms with Crippen molar-refractivity contribution in [3.63, 3.8) is 0 Å². The lowest BCUT2D eigenvalue weighted by Crippen LogP contribution is -2.21. The van der Waals surface area contributed by atoms with Gasteiger partial charge < -0.3 is 14.4 Å². The maximum absolute atomic E-state index is 12.2. The largest absolute Gasteiger partial charge is 0.488 e. The molecule has 0 bridgehead atoms. The predicted molar refractivity (Wildman–Crippen MR) is 86.1 cm³/mol. The zero-order valence-electron chi connectivity index (χ0n) is 12.1. The molecule has 0 aliphatic heterocycles. The van der Waals surface area contributed by atoms with Crippen LogP contribution in [-0.4, -0.2) is 16.3 Å². The molecule has 22 heavy (non-hydrogen) atoms. The maximum atomic E-state index is 12.2. The summed E-state index contributed by atoms with van der Waals surface area (Å²) >= 11 is 0. The molecule has 1 heterocycles. The third-order valence-electron chi connectivity index (χ3n) is 3.54. The summed E-state index contributed by atoms with van der Waals surface area (Å²) in [6.07, 6.45) is 0. The van der Waals surface area contributed by atoms with Gasteiger partial charge in [-0.3, -0.25) is 4.79 Å². The first-order chi connectivity index (χ1) is 10.8. The van der Waals surface area contributed by atoms with Crippen molar-refractivity contribution in [3.8, 4) is 5.75 Å². The van der Waals surface area contributed by atoms with Gasteiger partial charge in [0, 0.05) is 18.0 Å². The molecule has 0 aliphatic carbocycles. The molecule has 0 saturated carbocycles. The lowest BCUT2D eigenvalue weighted by atomic mass is 10.2. The Bertz CT molecular complexity index is 825. The molecule has 0 spiro atoms. The van der Waals surface area contributed by atoms with E-state index in [9.17, 15) is 4.79 Å². The molecule has 3 rings (SSSR count). The number of aliphatic hydroxyl groups excluding tert-OH is 1. The van der Waals surface area contributed by atoms with Crippen molar-refractivity contribution in [2.24, 2.45) is 0 Å². The average molecular weight is 295 g/mol. The van der Waals surface area contributed by atoms with Crippen molar-refractivity contribution in [1.29, 1.82) is 0 Å². The molecule has 1 aromatic heterocycles. The first kappa shape index (κ1) is 14.4. The molecule has 0 fully saturated rings. The van der Waals surface area contributed by atoms with Gasteiger partial charge in [0.25, 0.3) is 5.56 Å². The van der Waals surface area contributed by atoms with Crippen LogP contribution in [0.4, 0.5) is 0 Å². The van der Waals surface area contributed by atoms with E-state index < -0.39 is 0 Å². The predicted octanol–water partition coefficient (Wildman–Crippen LogP) is 2.57. The Morgan fingerprint density at radius 1 is 1.00 bits per heavy atom. The molecule has 2 aromatic carbocycles. The fourth-order valence-corrected chi connectivity index (χ4v) is 2.49. The van der Waals surface area contributed by atoms with Crippen molar-refractivity contribution >= 4 is 10.9 Å². The van der Waals surface area contributed by atoms with E-state index in [0.717, 1.165) is 16.5 Å². The average Bonchev–Trinajstić information content (AvgIpc) is 2.57. The van der Waals surface area contributed by atoms with Crippen molar-refractivity contribution in [2.45, 2.75) is 13.2 Å². The molecule has 0 unspecified atom stereocenters. The highest BCUT2D eigenvalue weighted by Gasteiger charge is 2.09. The van der Waals surface area contributed by atoms with Crippen LogP contribution in [0.15, 0.2) is 65.5 Å². The van der Waals surface area contributed by atoms with Gasteiger partial charge in [0.15, 0.2) is 0 Å². The van der Waals surface area contributed by atoms with Gasteiger partial charge in [-0.2, -0.15) is 0 Å². The number of para-hydroxylation sites is 1. The Labute approximate surface area is 128 Å². The molecule has 3 aromatic rings. The van der Waals surface area contributed by atoms with Crippen LogP contribution in [0.25, 0.3) is 10.9 Å². The van der Waals surface area contributed by atoms with Gasteiger partial charge in [0.05, 0.1) is 12.1 Å². The van der Waals surface area contributed by atoms with Crippen molar-refractivity contribution in [1.82, 2.24) is 4.57 Å². The second-order valence-corrected chi connectivity index (χ2v) is 5.01. The maximum Gasteiger partial charge on any atom is 0.254 e. The minimum Gasteiger partial charge on any atom is -0.488 e. The number of pyridine rings is 1. The Balaban J connectivity index is 2.00. The number of aliphatic hydroxyl groups is 1. The van der Waals surface area contributed by atoms with Crippen LogP contribution < -0.4 is 10.3 Å².